The number of thioether (sulfide) groups is 1. The van der Waals surface area contributed by atoms with Crippen LogP contribution >= 0.6 is 11.8 Å². The molecule has 1 N–H and O–H groups in total. The van der Waals surface area contributed by atoms with Gasteiger partial charge < -0.3 is 14.1 Å². The number of para-hydroxylation sites is 1. The average Bonchev–Trinajstić information content (AvgIpc) is 3.19. The molecule has 134 valence electrons. The zero-order chi connectivity index (χ0) is 18.7. The Balaban J connectivity index is 2.09. The van der Waals surface area contributed by atoms with Crippen LogP contribution < -0.4 is 0 Å². The number of allylic oxidation sites excluding steroid dienone is 1. The summed E-state index contributed by atoms with van der Waals surface area (Å²) >= 11 is 0.960. The summed E-state index contributed by atoms with van der Waals surface area (Å²) in [4.78, 5) is 11.9. The second-order valence-corrected chi connectivity index (χ2v) is 6.64. The van der Waals surface area contributed by atoms with Gasteiger partial charge in [-0.3, -0.25) is 0 Å². The van der Waals surface area contributed by atoms with Crippen molar-refractivity contribution in [2.45, 2.75) is 32.0 Å². The van der Waals surface area contributed by atoms with Crippen molar-refractivity contribution in [2.75, 3.05) is 0 Å². The summed E-state index contributed by atoms with van der Waals surface area (Å²) in [5.74, 6) is -0.554. The van der Waals surface area contributed by atoms with Crippen LogP contribution in [0.5, 0.6) is 0 Å². The molecule has 0 amide bonds. The zero-order valence-corrected chi connectivity index (χ0v) is 15.4. The molecule has 7 heteroatoms. The fourth-order valence-corrected chi connectivity index (χ4v) is 3.46. The molecule has 0 saturated carbocycles. The maximum atomic E-state index is 11.8. The first-order valence-corrected chi connectivity index (χ1v) is 9.00. The number of carboxylic acid groups (broad SMARTS) is 1. The summed E-state index contributed by atoms with van der Waals surface area (Å²) in [6.07, 6.45) is 4.10. The number of rotatable bonds is 7. The van der Waals surface area contributed by atoms with E-state index in [9.17, 15) is 9.90 Å². The smallest absolute Gasteiger partial charge is 0.342 e. The molecular weight excluding hydrogens is 350 g/mol. The Morgan fingerprint density at radius 1 is 1.38 bits per heavy atom. The maximum absolute atomic E-state index is 11.8. The largest absolute Gasteiger partial charge is 0.477 e. The molecule has 26 heavy (non-hydrogen) atoms. The van der Waals surface area contributed by atoms with E-state index in [2.05, 4.69) is 21.3 Å². The molecule has 0 aliphatic carbocycles. The quantitative estimate of drug-likeness (QED) is 0.380. The van der Waals surface area contributed by atoms with E-state index < -0.39 is 5.97 Å². The minimum absolute atomic E-state index is 0.126. The van der Waals surface area contributed by atoms with E-state index in [0.717, 1.165) is 33.9 Å². The summed E-state index contributed by atoms with van der Waals surface area (Å²) < 4.78 is 7.54. The Kier molecular flexibility index (Phi) is 5.27. The Morgan fingerprint density at radius 2 is 2.15 bits per heavy atom. The molecule has 1 aromatic carbocycles. The van der Waals surface area contributed by atoms with Crippen LogP contribution in [0.2, 0.25) is 0 Å². The lowest BCUT2D eigenvalue weighted by atomic mass is 10.1. The van der Waals surface area contributed by atoms with Crippen LogP contribution in [0.15, 0.2) is 51.5 Å². The fourth-order valence-electron chi connectivity index (χ4n) is 2.79. The zero-order valence-electron chi connectivity index (χ0n) is 14.6. The number of hydrogen-bond donors (Lipinski definition) is 1. The number of aryl methyl sites for hydroxylation is 1. The molecule has 0 atom stereocenters. The predicted octanol–water partition coefficient (Wildman–Crippen LogP) is 4.30. The first kappa shape index (κ1) is 18.0. The monoisotopic (exact) mass is 369 g/mol. The van der Waals surface area contributed by atoms with Gasteiger partial charge in [-0.1, -0.05) is 31.2 Å². The van der Waals surface area contributed by atoms with E-state index >= 15 is 0 Å². The van der Waals surface area contributed by atoms with Crippen LogP contribution in [0.3, 0.4) is 0 Å². The highest BCUT2D eigenvalue weighted by Crippen LogP contribution is 2.32. The molecule has 2 aromatic heterocycles. The van der Waals surface area contributed by atoms with Crippen molar-refractivity contribution >= 4 is 34.7 Å². The van der Waals surface area contributed by atoms with Crippen molar-refractivity contribution in [2.24, 2.45) is 0 Å². The van der Waals surface area contributed by atoms with Gasteiger partial charge in [0.1, 0.15) is 4.91 Å². The van der Waals surface area contributed by atoms with Crippen molar-refractivity contribution in [1.29, 1.82) is 0 Å². The highest BCUT2D eigenvalue weighted by Gasteiger charge is 2.18. The van der Waals surface area contributed by atoms with Crippen molar-refractivity contribution in [1.82, 2.24) is 14.8 Å². The van der Waals surface area contributed by atoms with Gasteiger partial charge >= 0.3 is 5.97 Å². The lowest BCUT2D eigenvalue weighted by molar-refractivity contribution is -0.131. The number of carbonyl (C=O) groups is 1. The first-order chi connectivity index (χ1) is 12.5. The van der Waals surface area contributed by atoms with E-state index in [1.165, 1.54) is 0 Å². The third-order valence-electron chi connectivity index (χ3n) is 4.03. The van der Waals surface area contributed by atoms with E-state index in [4.69, 9.17) is 4.42 Å². The Morgan fingerprint density at radius 3 is 2.81 bits per heavy atom. The number of carboxylic acids is 1. The Bertz CT molecular complexity index is 1000. The van der Waals surface area contributed by atoms with E-state index in [-0.39, 0.29) is 10.1 Å². The number of fused-ring (bicyclic) bond motifs is 1. The van der Waals surface area contributed by atoms with Crippen molar-refractivity contribution in [3.8, 4) is 0 Å². The van der Waals surface area contributed by atoms with Gasteiger partial charge in [-0.15, -0.1) is 16.8 Å². The fraction of sp³-hybridized carbons (Fsp3) is 0.211. The second-order valence-electron chi connectivity index (χ2n) is 5.65. The van der Waals surface area contributed by atoms with Gasteiger partial charge in [-0.05, 0) is 30.8 Å². The van der Waals surface area contributed by atoms with Crippen molar-refractivity contribution in [3.05, 3.63) is 59.0 Å². The molecular formula is C19H19N3O3S. The number of hydrogen-bond acceptors (Lipinski definition) is 5. The van der Waals surface area contributed by atoms with Gasteiger partial charge in [0, 0.05) is 35.1 Å². The van der Waals surface area contributed by atoms with Crippen molar-refractivity contribution in [3.63, 3.8) is 0 Å². The number of benzene rings is 1. The number of nitrogens with zero attached hydrogens (tertiary/aromatic N) is 3. The summed E-state index contributed by atoms with van der Waals surface area (Å²) in [5.41, 5.74) is 2.88. The van der Waals surface area contributed by atoms with Gasteiger partial charge in [0.05, 0.1) is 0 Å². The highest BCUT2D eigenvalue weighted by molar-refractivity contribution is 8.03. The molecule has 3 aromatic rings. The van der Waals surface area contributed by atoms with Crippen LogP contribution in [0.1, 0.15) is 24.1 Å². The maximum Gasteiger partial charge on any atom is 0.342 e. The topological polar surface area (TPSA) is 81.2 Å². The average molecular weight is 369 g/mol. The van der Waals surface area contributed by atoms with E-state index in [1.54, 1.807) is 6.08 Å². The molecule has 3 rings (SSSR count). The lowest BCUT2D eigenvalue weighted by Gasteiger charge is -2.04. The van der Waals surface area contributed by atoms with Gasteiger partial charge in [0.2, 0.25) is 5.89 Å². The molecule has 0 fully saturated rings. The number of aromatic nitrogens is 3. The summed E-state index contributed by atoms with van der Waals surface area (Å²) in [7, 11) is 0. The highest BCUT2D eigenvalue weighted by atomic mass is 32.2. The molecule has 0 aliphatic rings. The van der Waals surface area contributed by atoms with Crippen LogP contribution in [0.4, 0.5) is 0 Å². The molecule has 0 radical (unpaired) electrons. The van der Waals surface area contributed by atoms with Crippen LogP contribution in [-0.2, 0) is 17.8 Å². The SMILES string of the molecule is C=CCn1c(C)c(/C=C(\Sc2nnc(CC)o2)C(=O)O)c2ccccc21. The third kappa shape index (κ3) is 3.43. The predicted molar refractivity (Wildman–Crippen MR) is 102 cm³/mol. The third-order valence-corrected chi connectivity index (χ3v) is 4.88. The normalized spacial score (nSPS) is 11.8. The Labute approximate surface area is 155 Å². The second kappa shape index (κ2) is 7.61. The van der Waals surface area contributed by atoms with Gasteiger partial charge in [-0.25, -0.2) is 4.79 Å². The molecule has 0 aliphatic heterocycles. The van der Waals surface area contributed by atoms with E-state index in [1.807, 2.05) is 44.2 Å². The molecule has 0 bridgehead atoms. The first-order valence-electron chi connectivity index (χ1n) is 8.19. The van der Waals surface area contributed by atoms with E-state index in [0.29, 0.717) is 18.9 Å². The van der Waals surface area contributed by atoms with Crippen LogP contribution in [-0.4, -0.2) is 25.8 Å². The number of aliphatic carboxylic acids is 1. The standard InChI is InChI=1S/C19H19N3O3S/c1-4-10-22-12(3)14(13-8-6-7-9-15(13)22)11-16(18(23)24)26-19-21-20-17(5-2)25-19/h4,6-9,11H,1,5,10H2,2-3H3,(H,23,24)/b16-11-. The van der Waals surface area contributed by atoms with Crippen LogP contribution in [0, 0.1) is 6.92 Å². The molecule has 0 unspecified atom stereocenters. The van der Waals surface area contributed by atoms with Crippen LogP contribution in [0.25, 0.3) is 17.0 Å². The van der Waals surface area contributed by atoms with Gasteiger partial charge in [0.15, 0.2) is 0 Å². The summed E-state index contributed by atoms with van der Waals surface area (Å²) in [6.45, 7) is 8.33. The Hall–Kier alpha value is -2.80. The van der Waals surface area contributed by atoms with Gasteiger partial charge in [0.25, 0.3) is 5.22 Å². The summed E-state index contributed by atoms with van der Waals surface area (Å²) in [5, 5.41) is 18.6. The molecule has 2 heterocycles. The minimum atomic E-state index is -1.04. The van der Waals surface area contributed by atoms with Crippen molar-refractivity contribution < 1.29 is 14.3 Å². The molecule has 6 nitrogen and oxygen atoms in total. The summed E-state index contributed by atoms with van der Waals surface area (Å²) in [6, 6.07) is 7.91. The molecule has 0 spiro atoms. The molecule has 0 saturated heterocycles. The minimum Gasteiger partial charge on any atom is -0.477 e. The lowest BCUT2D eigenvalue weighted by Crippen LogP contribution is -1.99. The van der Waals surface area contributed by atoms with Gasteiger partial charge in [-0.2, -0.15) is 0 Å².